The smallest absolute Gasteiger partial charge is 0.261 e. The molecule has 8 nitrogen and oxygen atoms in total. The molecule has 1 heterocycles. The van der Waals surface area contributed by atoms with Crippen molar-refractivity contribution in [2.75, 3.05) is 15.4 Å². The van der Waals surface area contributed by atoms with Crippen LogP contribution in [-0.4, -0.2) is 25.2 Å². The number of nitrogens with zero attached hydrogens (tertiary/aromatic N) is 1. The minimum atomic E-state index is -3.83. The summed E-state index contributed by atoms with van der Waals surface area (Å²) < 4.78 is 41.0. The predicted molar refractivity (Wildman–Crippen MR) is 110 cm³/mol. The summed E-state index contributed by atoms with van der Waals surface area (Å²) in [5.74, 6) is -1.62. The molecule has 2 aromatic carbocycles. The first kappa shape index (κ1) is 20.9. The lowest BCUT2D eigenvalue weighted by Gasteiger charge is -2.10. The lowest BCUT2D eigenvalue weighted by Crippen LogP contribution is -2.15. The molecule has 0 saturated heterocycles. The Labute approximate surface area is 172 Å². The van der Waals surface area contributed by atoms with E-state index in [9.17, 15) is 22.4 Å². The van der Waals surface area contributed by atoms with Crippen molar-refractivity contribution in [3.63, 3.8) is 0 Å². The van der Waals surface area contributed by atoms with Crippen LogP contribution in [0.3, 0.4) is 0 Å². The van der Waals surface area contributed by atoms with E-state index in [0.717, 1.165) is 6.07 Å². The lowest BCUT2D eigenvalue weighted by atomic mass is 10.2. The van der Waals surface area contributed by atoms with Gasteiger partial charge in [0.05, 0.1) is 16.3 Å². The second kappa shape index (κ2) is 8.70. The van der Waals surface area contributed by atoms with Crippen molar-refractivity contribution < 1.29 is 22.4 Å². The summed E-state index contributed by atoms with van der Waals surface area (Å²) in [6.45, 7) is 1.24. The van der Waals surface area contributed by atoms with Crippen LogP contribution in [0.2, 0.25) is 0 Å². The number of rotatable bonds is 6. The topological polar surface area (TPSA) is 117 Å². The summed E-state index contributed by atoms with van der Waals surface area (Å²) in [6, 6.07) is 12.1. The number of sulfonamides is 1. The van der Waals surface area contributed by atoms with Gasteiger partial charge in [-0.15, -0.1) is 0 Å². The molecular formula is C20H17FN4O4S. The molecule has 1 aromatic heterocycles. The van der Waals surface area contributed by atoms with Gasteiger partial charge in [0.25, 0.3) is 15.9 Å². The number of anilines is 3. The van der Waals surface area contributed by atoms with Gasteiger partial charge in [-0.2, -0.15) is 0 Å². The molecule has 10 heteroatoms. The molecular weight excluding hydrogens is 411 g/mol. The number of pyridine rings is 1. The lowest BCUT2D eigenvalue weighted by molar-refractivity contribution is -0.114. The first-order valence-corrected chi connectivity index (χ1v) is 10.1. The molecule has 0 unspecified atom stereocenters. The highest BCUT2D eigenvalue weighted by Crippen LogP contribution is 2.21. The maximum absolute atomic E-state index is 13.7. The highest BCUT2D eigenvalue weighted by Gasteiger charge is 2.16. The third kappa shape index (κ3) is 5.17. The normalized spacial score (nSPS) is 10.9. The van der Waals surface area contributed by atoms with E-state index in [1.807, 2.05) is 0 Å². The quantitative estimate of drug-likeness (QED) is 0.557. The van der Waals surface area contributed by atoms with Crippen LogP contribution < -0.4 is 15.4 Å². The molecule has 0 aliphatic heterocycles. The third-order valence-electron chi connectivity index (χ3n) is 3.89. The van der Waals surface area contributed by atoms with Crippen LogP contribution in [0, 0.1) is 5.82 Å². The van der Waals surface area contributed by atoms with Crippen molar-refractivity contribution in [2.24, 2.45) is 0 Å². The Morgan fingerprint density at radius 1 is 0.900 bits per heavy atom. The molecule has 0 saturated carbocycles. The average molecular weight is 428 g/mol. The fourth-order valence-corrected chi connectivity index (χ4v) is 3.57. The minimum Gasteiger partial charge on any atom is -0.324 e. The van der Waals surface area contributed by atoms with Crippen LogP contribution >= 0.6 is 0 Å². The van der Waals surface area contributed by atoms with E-state index in [1.54, 1.807) is 0 Å². The first-order chi connectivity index (χ1) is 14.2. The van der Waals surface area contributed by atoms with E-state index in [0.29, 0.717) is 5.69 Å². The van der Waals surface area contributed by atoms with Crippen LogP contribution in [0.5, 0.6) is 0 Å². The van der Waals surface area contributed by atoms with Crippen molar-refractivity contribution in [2.45, 2.75) is 11.8 Å². The number of hydrogen-bond donors (Lipinski definition) is 3. The Bertz CT molecular complexity index is 1180. The maximum Gasteiger partial charge on any atom is 0.261 e. The predicted octanol–water partition coefficient (Wildman–Crippen LogP) is 3.23. The van der Waals surface area contributed by atoms with E-state index >= 15 is 0 Å². The summed E-state index contributed by atoms with van der Waals surface area (Å²) in [4.78, 5) is 27.3. The number of amides is 2. The van der Waals surface area contributed by atoms with Crippen molar-refractivity contribution >= 4 is 38.9 Å². The van der Waals surface area contributed by atoms with Crippen LogP contribution in [0.15, 0.2) is 71.9 Å². The number of carbonyl (C=O) groups is 2. The van der Waals surface area contributed by atoms with Gasteiger partial charge in [0.1, 0.15) is 5.82 Å². The minimum absolute atomic E-state index is 0.0226. The monoisotopic (exact) mass is 428 g/mol. The molecule has 0 bridgehead atoms. The van der Waals surface area contributed by atoms with Gasteiger partial charge < -0.3 is 10.6 Å². The van der Waals surface area contributed by atoms with Gasteiger partial charge in [-0.3, -0.25) is 19.3 Å². The van der Waals surface area contributed by atoms with Crippen LogP contribution in [0.1, 0.15) is 17.3 Å². The van der Waals surface area contributed by atoms with E-state index in [-0.39, 0.29) is 21.8 Å². The summed E-state index contributed by atoms with van der Waals surface area (Å²) in [7, 11) is -3.83. The highest BCUT2D eigenvalue weighted by molar-refractivity contribution is 7.92. The molecule has 0 aliphatic rings. The van der Waals surface area contributed by atoms with Gasteiger partial charge in [0, 0.05) is 30.6 Å². The SMILES string of the molecule is CC(=O)Nc1cc(NC(=O)c2ccc(S(=O)(=O)Nc3ccncc3)cc2)ccc1F. The molecule has 0 fully saturated rings. The Morgan fingerprint density at radius 2 is 1.57 bits per heavy atom. The van der Waals surface area contributed by atoms with Crippen molar-refractivity contribution in [3.05, 3.63) is 78.4 Å². The Kier molecular flexibility index (Phi) is 6.07. The van der Waals surface area contributed by atoms with E-state index in [1.165, 1.54) is 67.8 Å². The van der Waals surface area contributed by atoms with Crippen LogP contribution in [0.25, 0.3) is 0 Å². The number of benzene rings is 2. The fraction of sp³-hybridized carbons (Fsp3) is 0.0500. The highest BCUT2D eigenvalue weighted by atomic mass is 32.2. The van der Waals surface area contributed by atoms with Crippen molar-refractivity contribution in [1.82, 2.24) is 4.98 Å². The first-order valence-electron chi connectivity index (χ1n) is 8.66. The fourth-order valence-electron chi connectivity index (χ4n) is 2.51. The van der Waals surface area contributed by atoms with Crippen LogP contribution in [0.4, 0.5) is 21.5 Å². The largest absolute Gasteiger partial charge is 0.324 e. The zero-order valence-corrected chi connectivity index (χ0v) is 16.5. The maximum atomic E-state index is 13.7. The molecule has 2 amide bonds. The third-order valence-corrected chi connectivity index (χ3v) is 5.29. The average Bonchev–Trinajstić information content (AvgIpc) is 2.70. The summed E-state index contributed by atoms with van der Waals surface area (Å²) in [6.07, 6.45) is 2.91. The van der Waals surface area contributed by atoms with Crippen molar-refractivity contribution in [3.8, 4) is 0 Å². The number of halogens is 1. The number of hydrogen-bond acceptors (Lipinski definition) is 5. The molecule has 3 aromatic rings. The molecule has 0 spiro atoms. The summed E-state index contributed by atoms with van der Waals surface area (Å²) >= 11 is 0. The van der Waals surface area contributed by atoms with Crippen LogP contribution in [-0.2, 0) is 14.8 Å². The molecule has 0 aliphatic carbocycles. The van der Waals surface area contributed by atoms with E-state index in [2.05, 4.69) is 20.3 Å². The zero-order valence-electron chi connectivity index (χ0n) is 15.7. The van der Waals surface area contributed by atoms with Crippen molar-refractivity contribution in [1.29, 1.82) is 0 Å². The van der Waals surface area contributed by atoms with Gasteiger partial charge in [-0.25, -0.2) is 12.8 Å². The Hall–Kier alpha value is -3.79. The van der Waals surface area contributed by atoms with Gasteiger partial charge in [-0.1, -0.05) is 0 Å². The standard InChI is InChI=1S/C20H17FN4O4S/c1-13(26)23-19-12-16(4-7-18(19)21)24-20(27)14-2-5-17(6-3-14)30(28,29)25-15-8-10-22-11-9-15/h2-12H,1H3,(H,22,25)(H,23,26)(H,24,27). The molecule has 154 valence electrons. The Morgan fingerprint density at radius 3 is 2.20 bits per heavy atom. The van der Waals surface area contributed by atoms with E-state index in [4.69, 9.17) is 0 Å². The molecule has 3 N–H and O–H groups in total. The zero-order chi connectivity index (χ0) is 21.7. The summed E-state index contributed by atoms with van der Waals surface area (Å²) in [5.41, 5.74) is 0.756. The van der Waals surface area contributed by atoms with E-state index < -0.39 is 27.7 Å². The molecule has 3 rings (SSSR count). The van der Waals surface area contributed by atoms with Gasteiger partial charge >= 0.3 is 0 Å². The number of aromatic nitrogens is 1. The van der Waals surface area contributed by atoms with Gasteiger partial charge in [0.2, 0.25) is 5.91 Å². The van der Waals surface area contributed by atoms with Gasteiger partial charge in [-0.05, 0) is 54.6 Å². The molecule has 0 radical (unpaired) electrons. The van der Waals surface area contributed by atoms with Gasteiger partial charge in [0.15, 0.2) is 0 Å². The molecule has 30 heavy (non-hydrogen) atoms. The second-order valence-electron chi connectivity index (χ2n) is 6.20. The molecule has 0 atom stereocenters. The number of nitrogens with one attached hydrogen (secondary N) is 3. The number of carbonyl (C=O) groups excluding carboxylic acids is 2. The Balaban J connectivity index is 1.73. The summed E-state index contributed by atoms with van der Waals surface area (Å²) in [5, 5.41) is 4.90. The second-order valence-corrected chi connectivity index (χ2v) is 7.88.